The largest absolute Gasteiger partial charge is 0.312 e. The van der Waals surface area contributed by atoms with E-state index in [4.69, 9.17) is 0 Å². The summed E-state index contributed by atoms with van der Waals surface area (Å²) in [5.74, 6) is 0. The van der Waals surface area contributed by atoms with E-state index in [1.54, 1.807) is 0 Å². The summed E-state index contributed by atoms with van der Waals surface area (Å²) in [6.07, 6.45) is 13.9. The Morgan fingerprint density at radius 1 is 1.00 bits per heavy atom. The summed E-state index contributed by atoms with van der Waals surface area (Å²) in [6.45, 7) is 11.8. The van der Waals surface area contributed by atoms with E-state index in [2.05, 4.69) is 32.7 Å². The summed E-state index contributed by atoms with van der Waals surface area (Å²) in [5, 5.41) is 3.66. The van der Waals surface area contributed by atoms with Crippen LogP contribution >= 0.6 is 0 Å². The number of rotatable bonds is 12. The molecular weight excluding hydrogens is 206 g/mol. The lowest BCUT2D eigenvalue weighted by Crippen LogP contribution is -2.39. The molecule has 0 aliphatic heterocycles. The van der Waals surface area contributed by atoms with Crippen molar-refractivity contribution in [1.29, 1.82) is 0 Å². The zero-order chi connectivity index (χ0) is 13.0. The quantitative estimate of drug-likeness (QED) is 0.370. The highest BCUT2D eigenvalue weighted by Gasteiger charge is 2.15. The number of hydrogen-bond donors (Lipinski definition) is 1. The number of unbranched alkanes of at least 4 members (excludes halogenated alkanes) is 6. The standard InChI is InChI=1S/C16H33N/c1-5-7-9-10-11-12-13-14-16(3,4)17-15-8-6-2/h5,17H,1,6-15H2,2-4H3. The molecule has 0 heterocycles. The van der Waals surface area contributed by atoms with Crippen LogP contribution < -0.4 is 5.32 Å². The van der Waals surface area contributed by atoms with Gasteiger partial charge in [0.1, 0.15) is 0 Å². The molecule has 0 radical (unpaired) electrons. The normalized spacial score (nSPS) is 11.7. The predicted molar refractivity (Wildman–Crippen MR) is 79.5 cm³/mol. The topological polar surface area (TPSA) is 12.0 Å². The zero-order valence-electron chi connectivity index (χ0n) is 12.4. The first-order valence-corrected chi connectivity index (χ1v) is 7.48. The average molecular weight is 239 g/mol. The van der Waals surface area contributed by atoms with Crippen molar-refractivity contribution in [3.63, 3.8) is 0 Å². The summed E-state index contributed by atoms with van der Waals surface area (Å²) in [7, 11) is 0. The Morgan fingerprint density at radius 2 is 1.65 bits per heavy atom. The van der Waals surface area contributed by atoms with Crippen LogP contribution in [0.25, 0.3) is 0 Å². The molecule has 0 spiro atoms. The van der Waals surface area contributed by atoms with E-state index in [-0.39, 0.29) is 0 Å². The summed E-state index contributed by atoms with van der Waals surface area (Å²) in [5.41, 5.74) is 0.330. The van der Waals surface area contributed by atoms with Crippen molar-refractivity contribution in [1.82, 2.24) is 5.32 Å². The first-order chi connectivity index (χ1) is 8.12. The van der Waals surface area contributed by atoms with Gasteiger partial charge in [0.2, 0.25) is 0 Å². The number of hydrogen-bond acceptors (Lipinski definition) is 1. The fraction of sp³-hybridized carbons (Fsp3) is 0.875. The lowest BCUT2D eigenvalue weighted by molar-refractivity contribution is 0.345. The molecule has 0 aromatic rings. The van der Waals surface area contributed by atoms with Crippen molar-refractivity contribution < 1.29 is 0 Å². The molecule has 0 aliphatic rings. The maximum absolute atomic E-state index is 3.75. The van der Waals surface area contributed by atoms with Gasteiger partial charge in [-0.15, -0.1) is 6.58 Å². The summed E-state index contributed by atoms with van der Waals surface area (Å²) >= 11 is 0. The molecule has 0 saturated heterocycles. The van der Waals surface area contributed by atoms with Gasteiger partial charge in [0, 0.05) is 5.54 Å². The van der Waals surface area contributed by atoms with E-state index in [0.29, 0.717) is 5.54 Å². The Balaban J connectivity index is 3.35. The minimum atomic E-state index is 0.330. The van der Waals surface area contributed by atoms with Gasteiger partial charge in [-0.25, -0.2) is 0 Å². The summed E-state index contributed by atoms with van der Waals surface area (Å²) in [4.78, 5) is 0. The number of nitrogens with one attached hydrogen (secondary N) is 1. The van der Waals surface area contributed by atoms with E-state index >= 15 is 0 Å². The highest BCUT2D eigenvalue weighted by atomic mass is 14.9. The molecule has 0 bridgehead atoms. The molecule has 0 aromatic carbocycles. The second-order valence-corrected chi connectivity index (χ2v) is 5.76. The Morgan fingerprint density at radius 3 is 2.29 bits per heavy atom. The smallest absolute Gasteiger partial charge is 0.0125 e. The molecule has 0 fully saturated rings. The molecule has 0 amide bonds. The molecule has 102 valence electrons. The maximum atomic E-state index is 3.75. The van der Waals surface area contributed by atoms with E-state index < -0.39 is 0 Å². The molecule has 1 nitrogen and oxygen atoms in total. The molecule has 17 heavy (non-hydrogen) atoms. The van der Waals surface area contributed by atoms with E-state index in [0.717, 1.165) is 0 Å². The average Bonchev–Trinajstić information content (AvgIpc) is 2.28. The van der Waals surface area contributed by atoms with Crippen LogP contribution in [0.2, 0.25) is 0 Å². The fourth-order valence-corrected chi connectivity index (χ4v) is 2.08. The molecule has 0 aliphatic carbocycles. The predicted octanol–water partition coefficient (Wildman–Crippen LogP) is 5.07. The van der Waals surface area contributed by atoms with Gasteiger partial charge < -0.3 is 5.32 Å². The first-order valence-electron chi connectivity index (χ1n) is 7.48. The molecule has 0 aromatic heterocycles. The number of allylic oxidation sites excluding steroid dienone is 1. The van der Waals surface area contributed by atoms with Crippen molar-refractivity contribution in [3.05, 3.63) is 12.7 Å². The lowest BCUT2D eigenvalue weighted by atomic mass is 9.96. The third-order valence-corrected chi connectivity index (χ3v) is 3.34. The van der Waals surface area contributed by atoms with Crippen LogP contribution in [-0.2, 0) is 0 Å². The van der Waals surface area contributed by atoms with E-state index in [1.807, 2.05) is 6.08 Å². The molecule has 1 N–H and O–H groups in total. The van der Waals surface area contributed by atoms with Crippen LogP contribution in [0.5, 0.6) is 0 Å². The summed E-state index contributed by atoms with van der Waals surface area (Å²) in [6, 6.07) is 0. The molecule has 1 heteroatoms. The molecule has 0 rings (SSSR count). The zero-order valence-corrected chi connectivity index (χ0v) is 12.4. The monoisotopic (exact) mass is 239 g/mol. The Kier molecular flexibility index (Phi) is 10.6. The van der Waals surface area contributed by atoms with Crippen molar-refractivity contribution in [2.75, 3.05) is 6.54 Å². The minimum absolute atomic E-state index is 0.330. The maximum Gasteiger partial charge on any atom is 0.0125 e. The van der Waals surface area contributed by atoms with E-state index in [9.17, 15) is 0 Å². The Labute approximate surface area is 109 Å². The van der Waals surface area contributed by atoms with Gasteiger partial charge in [0.05, 0.1) is 0 Å². The second-order valence-electron chi connectivity index (χ2n) is 5.76. The van der Waals surface area contributed by atoms with Gasteiger partial charge in [-0.3, -0.25) is 0 Å². The summed E-state index contributed by atoms with van der Waals surface area (Å²) < 4.78 is 0. The van der Waals surface area contributed by atoms with E-state index in [1.165, 1.54) is 64.3 Å². The Hall–Kier alpha value is -0.300. The van der Waals surface area contributed by atoms with Crippen molar-refractivity contribution >= 4 is 0 Å². The van der Waals surface area contributed by atoms with Crippen molar-refractivity contribution in [3.8, 4) is 0 Å². The fourth-order valence-electron chi connectivity index (χ4n) is 2.08. The SMILES string of the molecule is C=CCCCCCCCC(C)(C)NCCCC. The third kappa shape index (κ3) is 12.0. The highest BCUT2D eigenvalue weighted by molar-refractivity contribution is 4.76. The van der Waals surface area contributed by atoms with Gasteiger partial charge in [-0.05, 0) is 46.1 Å². The first kappa shape index (κ1) is 16.7. The Bertz CT molecular complexity index is 172. The molecular formula is C16H33N. The molecule has 0 unspecified atom stereocenters. The van der Waals surface area contributed by atoms with Crippen molar-refractivity contribution in [2.45, 2.75) is 84.1 Å². The molecule has 0 atom stereocenters. The van der Waals surface area contributed by atoms with Crippen LogP contribution in [-0.4, -0.2) is 12.1 Å². The molecule has 0 saturated carbocycles. The van der Waals surface area contributed by atoms with Gasteiger partial charge >= 0.3 is 0 Å². The van der Waals surface area contributed by atoms with Crippen molar-refractivity contribution in [2.24, 2.45) is 0 Å². The lowest BCUT2D eigenvalue weighted by Gasteiger charge is -2.26. The second kappa shape index (κ2) is 10.8. The van der Waals surface area contributed by atoms with Crippen LogP contribution in [0.1, 0.15) is 78.6 Å². The van der Waals surface area contributed by atoms with Crippen LogP contribution in [0.4, 0.5) is 0 Å². The minimum Gasteiger partial charge on any atom is -0.312 e. The van der Waals surface area contributed by atoms with Gasteiger partial charge in [0.25, 0.3) is 0 Å². The van der Waals surface area contributed by atoms with Crippen LogP contribution in [0.3, 0.4) is 0 Å². The highest BCUT2D eigenvalue weighted by Crippen LogP contribution is 2.15. The third-order valence-electron chi connectivity index (χ3n) is 3.34. The van der Waals surface area contributed by atoms with Gasteiger partial charge in [-0.1, -0.05) is 45.1 Å². The van der Waals surface area contributed by atoms with Crippen LogP contribution in [0.15, 0.2) is 12.7 Å². The van der Waals surface area contributed by atoms with Gasteiger partial charge in [0.15, 0.2) is 0 Å². The van der Waals surface area contributed by atoms with Gasteiger partial charge in [-0.2, -0.15) is 0 Å². The van der Waals surface area contributed by atoms with Crippen LogP contribution in [0, 0.1) is 0 Å².